The van der Waals surface area contributed by atoms with Gasteiger partial charge in [0.1, 0.15) is 10.8 Å². The lowest BCUT2D eigenvalue weighted by molar-refractivity contribution is 0.0707. The lowest BCUT2D eigenvalue weighted by atomic mass is 9.98. The second kappa shape index (κ2) is 7.56. The Hall–Kier alpha value is -2.60. The minimum atomic E-state index is -0.292. The topological polar surface area (TPSA) is 46.1 Å². The SMILES string of the molecule is Cc1ccc(C(=O)N2CCCC(c3nnc(-c4ccccc4F)s3)C2)cc1. The molecule has 0 spiro atoms. The number of piperidine rings is 1. The van der Waals surface area contributed by atoms with Crippen molar-refractivity contribution in [3.8, 4) is 10.6 Å². The molecule has 0 N–H and O–H groups in total. The molecular weight excluding hydrogens is 361 g/mol. The predicted octanol–water partition coefficient (Wildman–Crippen LogP) is 4.67. The summed E-state index contributed by atoms with van der Waals surface area (Å²) in [5, 5.41) is 9.94. The van der Waals surface area contributed by atoms with Crippen molar-refractivity contribution >= 4 is 17.2 Å². The summed E-state index contributed by atoms with van der Waals surface area (Å²) in [6.07, 6.45) is 1.89. The molecule has 2 aromatic carbocycles. The van der Waals surface area contributed by atoms with Crippen LogP contribution in [0.4, 0.5) is 4.39 Å². The van der Waals surface area contributed by atoms with Crippen LogP contribution in [0.15, 0.2) is 48.5 Å². The predicted molar refractivity (Wildman–Crippen MR) is 104 cm³/mol. The summed E-state index contributed by atoms with van der Waals surface area (Å²) in [6.45, 7) is 3.38. The normalized spacial score (nSPS) is 17.1. The maximum Gasteiger partial charge on any atom is 0.253 e. The fourth-order valence-electron chi connectivity index (χ4n) is 3.38. The molecule has 1 aliphatic heterocycles. The van der Waals surface area contributed by atoms with Crippen molar-refractivity contribution in [1.82, 2.24) is 15.1 Å². The van der Waals surface area contributed by atoms with Crippen LogP contribution in [0.2, 0.25) is 0 Å². The van der Waals surface area contributed by atoms with Crippen molar-refractivity contribution in [1.29, 1.82) is 0 Å². The van der Waals surface area contributed by atoms with Gasteiger partial charge in [-0.25, -0.2) is 4.39 Å². The molecule has 1 amide bonds. The molecule has 27 heavy (non-hydrogen) atoms. The molecule has 4 nitrogen and oxygen atoms in total. The molecule has 2 heterocycles. The maximum atomic E-state index is 14.0. The Labute approximate surface area is 161 Å². The van der Waals surface area contributed by atoms with Crippen LogP contribution in [-0.4, -0.2) is 34.1 Å². The number of likely N-dealkylation sites (tertiary alicyclic amines) is 1. The standard InChI is InChI=1S/C21H20FN3OS/c1-14-8-10-15(11-9-14)21(26)25-12-4-5-16(13-25)19-23-24-20(27-19)17-6-2-3-7-18(17)22/h2-3,6-11,16H,4-5,12-13H2,1H3. The van der Waals surface area contributed by atoms with Gasteiger partial charge in [-0.1, -0.05) is 41.2 Å². The smallest absolute Gasteiger partial charge is 0.253 e. The average Bonchev–Trinajstić information content (AvgIpc) is 3.18. The molecule has 0 saturated carbocycles. The fraction of sp³-hybridized carbons (Fsp3) is 0.286. The highest BCUT2D eigenvalue weighted by Gasteiger charge is 2.28. The van der Waals surface area contributed by atoms with Gasteiger partial charge in [-0.3, -0.25) is 4.79 Å². The highest BCUT2D eigenvalue weighted by Crippen LogP contribution is 2.33. The lowest BCUT2D eigenvalue weighted by Gasteiger charge is -2.31. The lowest BCUT2D eigenvalue weighted by Crippen LogP contribution is -2.39. The van der Waals surface area contributed by atoms with Crippen LogP contribution in [0.5, 0.6) is 0 Å². The van der Waals surface area contributed by atoms with E-state index in [0.29, 0.717) is 22.7 Å². The van der Waals surface area contributed by atoms with Gasteiger partial charge >= 0.3 is 0 Å². The van der Waals surface area contributed by atoms with Gasteiger partial charge in [-0.2, -0.15) is 0 Å². The first kappa shape index (κ1) is 17.8. The van der Waals surface area contributed by atoms with E-state index in [1.165, 1.54) is 17.4 Å². The first-order chi connectivity index (χ1) is 13.1. The molecule has 1 fully saturated rings. The Bertz CT molecular complexity index is 954. The molecular formula is C21H20FN3OS. The number of hydrogen-bond donors (Lipinski definition) is 0. The van der Waals surface area contributed by atoms with E-state index >= 15 is 0 Å². The van der Waals surface area contributed by atoms with Crippen molar-refractivity contribution in [3.63, 3.8) is 0 Å². The summed E-state index contributed by atoms with van der Waals surface area (Å²) in [7, 11) is 0. The van der Waals surface area contributed by atoms with Gasteiger partial charge in [0.2, 0.25) is 0 Å². The molecule has 1 aliphatic rings. The Kier molecular flexibility index (Phi) is 4.99. The first-order valence-electron chi connectivity index (χ1n) is 9.06. The number of hydrogen-bond acceptors (Lipinski definition) is 4. The summed E-state index contributed by atoms with van der Waals surface area (Å²) >= 11 is 1.42. The van der Waals surface area contributed by atoms with Gasteiger partial charge in [-0.15, -0.1) is 10.2 Å². The van der Waals surface area contributed by atoms with Gasteiger partial charge in [0.15, 0.2) is 5.01 Å². The van der Waals surface area contributed by atoms with Crippen LogP contribution in [0.3, 0.4) is 0 Å². The number of aryl methyl sites for hydroxylation is 1. The summed E-state index contributed by atoms with van der Waals surface area (Å²) in [6, 6.07) is 14.3. The van der Waals surface area contributed by atoms with Gasteiger partial charge in [0.05, 0.1) is 0 Å². The zero-order chi connectivity index (χ0) is 18.8. The molecule has 1 unspecified atom stereocenters. The zero-order valence-electron chi connectivity index (χ0n) is 15.1. The summed E-state index contributed by atoms with van der Waals surface area (Å²) in [5.74, 6) is -0.0928. The number of rotatable bonds is 3. The van der Waals surface area contributed by atoms with E-state index in [4.69, 9.17) is 0 Å². The minimum absolute atomic E-state index is 0.0542. The van der Waals surface area contributed by atoms with E-state index < -0.39 is 0 Å². The molecule has 6 heteroatoms. The Balaban J connectivity index is 1.51. The van der Waals surface area contributed by atoms with Crippen LogP contribution in [0.1, 0.15) is 39.7 Å². The largest absolute Gasteiger partial charge is 0.338 e. The van der Waals surface area contributed by atoms with Crippen molar-refractivity contribution < 1.29 is 9.18 Å². The Morgan fingerprint density at radius 2 is 1.93 bits per heavy atom. The molecule has 1 aromatic heterocycles. The third-order valence-corrected chi connectivity index (χ3v) is 6.02. The Morgan fingerprint density at radius 1 is 1.15 bits per heavy atom. The number of aromatic nitrogens is 2. The monoisotopic (exact) mass is 381 g/mol. The van der Waals surface area contributed by atoms with Crippen LogP contribution in [0.25, 0.3) is 10.6 Å². The van der Waals surface area contributed by atoms with Crippen LogP contribution in [-0.2, 0) is 0 Å². The summed E-state index contributed by atoms with van der Waals surface area (Å²) in [5.41, 5.74) is 2.33. The molecule has 138 valence electrons. The fourth-order valence-corrected chi connectivity index (χ4v) is 4.38. The van der Waals surface area contributed by atoms with Gasteiger partial charge in [-0.05, 0) is 44.0 Å². The highest BCUT2D eigenvalue weighted by atomic mass is 32.1. The van der Waals surface area contributed by atoms with Gasteiger partial charge in [0, 0.05) is 30.1 Å². The Morgan fingerprint density at radius 3 is 2.70 bits per heavy atom. The molecule has 1 saturated heterocycles. The molecule has 4 rings (SSSR count). The van der Waals surface area contributed by atoms with E-state index in [2.05, 4.69) is 10.2 Å². The maximum absolute atomic E-state index is 14.0. The van der Waals surface area contributed by atoms with E-state index in [1.54, 1.807) is 18.2 Å². The van der Waals surface area contributed by atoms with E-state index in [-0.39, 0.29) is 17.6 Å². The number of carbonyl (C=O) groups is 1. The molecule has 0 bridgehead atoms. The van der Waals surface area contributed by atoms with Gasteiger partial charge in [0.25, 0.3) is 5.91 Å². The summed E-state index contributed by atoms with van der Waals surface area (Å²) < 4.78 is 14.0. The van der Waals surface area contributed by atoms with Crippen molar-refractivity contribution in [2.75, 3.05) is 13.1 Å². The van der Waals surface area contributed by atoms with E-state index in [0.717, 1.165) is 30.0 Å². The minimum Gasteiger partial charge on any atom is -0.338 e. The second-order valence-electron chi connectivity index (χ2n) is 6.88. The molecule has 1 atom stereocenters. The van der Waals surface area contributed by atoms with Crippen molar-refractivity contribution in [2.45, 2.75) is 25.7 Å². The molecule has 0 radical (unpaired) electrons. The third-order valence-electron chi connectivity index (χ3n) is 4.90. The number of halogens is 1. The second-order valence-corrected chi connectivity index (χ2v) is 7.89. The zero-order valence-corrected chi connectivity index (χ0v) is 15.9. The number of benzene rings is 2. The number of carbonyl (C=O) groups excluding carboxylic acids is 1. The van der Waals surface area contributed by atoms with Crippen LogP contribution < -0.4 is 0 Å². The summed E-state index contributed by atoms with van der Waals surface area (Å²) in [4.78, 5) is 14.7. The first-order valence-corrected chi connectivity index (χ1v) is 9.88. The average molecular weight is 381 g/mol. The molecule has 0 aliphatic carbocycles. The number of amides is 1. The van der Waals surface area contributed by atoms with Crippen molar-refractivity contribution in [3.05, 3.63) is 70.5 Å². The molecule has 3 aromatic rings. The third kappa shape index (κ3) is 3.76. The van der Waals surface area contributed by atoms with Crippen molar-refractivity contribution in [2.24, 2.45) is 0 Å². The highest BCUT2D eigenvalue weighted by molar-refractivity contribution is 7.14. The van der Waals surface area contributed by atoms with E-state index in [9.17, 15) is 9.18 Å². The van der Waals surface area contributed by atoms with E-state index in [1.807, 2.05) is 36.1 Å². The number of nitrogens with zero attached hydrogens (tertiary/aromatic N) is 3. The quantitative estimate of drug-likeness (QED) is 0.662. The van der Waals surface area contributed by atoms with Gasteiger partial charge < -0.3 is 4.90 Å². The van der Waals surface area contributed by atoms with Crippen LogP contribution in [0, 0.1) is 12.7 Å². The van der Waals surface area contributed by atoms with Crippen LogP contribution >= 0.6 is 11.3 Å².